The maximum atomic E-state index is 14.1. The van der Waals surface area contributed by atoms with Crippen molar-refractivity contribution in [1.29, 1.82) is 0 Å². The van der Waals surface area contributed by atoms with Gasteiger partial charge < -0.3 is 10.1 Å². The van der Waals surface area contributed by atoms with Crippen LogP contribution in [0.5, 0.6) is 0 Å². The number of hydrogen-bond donors (Lipinski definition) is 2. The van der Waals surface area contributed by atoms with Crippen LogP contribution in [-0.2, 0) is 18.2 Å². The summed E-state index contributed by atoms with van der Waals surface area (Å²) in [5, 5.41) is 15.3. The van der Waals surface area contributed by atoms with E-state index in [0.29, 0.717) is 44.0 Å². The highest BCUT2D eigenvalue weighted by atomic mass is 19.2. The molecule has 1 fully saturated rings. The number of halogens is 2. The fourth-order valence-electron chi connectivity index (χ4n) is 5.27. The molecule has 0 spiro atoms. The number of amides is 2. The van der Waals surface area contributed by atoms with Crippen molar-refractivity contribution in [2.45, 2.75) is 25.3 Å². The van der Waals surface area contributed by atoms with Gasteiger partial charge in [0.2, 0.25) is 0 Å². The summed E-state index contributed by atoms with van der Waals surface area (Å²) in [7, 11) is 3.48. The van der Waals surface area contributed by atoms with Crippen molar-refractivity contribution in [3.63, 3.8) is 0 Å². The zero-order valence-corrected chi connectivity index (χ0v) is 22.8. The van der Waals surface area contributed by atoms with Crippen LogP contribution in [0, 0.1) is 11.6 Å². The summed E-state index contributed by atoms with van der Waals surface area (Å²) >= 11 is 0. The number of carbonyl (C=O) groups is 1. The highest BCUT2D eigenvalue weighted by molar-refractivity contribution is 5.91. The molecule has 0 radical (unpaired) electrons. The molecule has 4 aromatic rings. The number of methoxy groups -OCH3 is 1. The SMILES string of the molecule is CCc1c(-c2cnn(C)c2)nn(-c2ccccc2)c1NC(=O)N[C@@H]1CN(CCOC)C[C@H]1c1ccc(F)c(F)c1. The van der Waals surface area contributed by atoms with Crippen LogP contribution < -0.4 is 10.6 Å². The van der Waals surface area contributed by atoms with Crippen LogP contribution in [0.25, 0.3) is 16.9 Å². The van der Waals surface area contributed by atoms with Gasteiger partial charge in [0.15, 0.2) is 11.6 Å². The number of benzene rings is 2. The Morgan fingerprint density at radius 2 is 1.93 bits per heavy atom. The molecule has 2 amide bonds. The van der Waals surface area contributed by atoms with Gasteiger partial charge in [-0.15, -0.1) is 0 Å². The molecule has 1 aliphatic rings. The van der Waals surface area contributed by atoms with E-state index >= 15 is 0 Å². The maximum absolute atomic E-state index is 14.1. The van der Waals surface area contributed by atoms with Gasteiger partial charge in [-0.25, -0.2) is 18.3 Å². The first kappa shape index (κ1) is 27.5. The zero-order chi connectivity index (χ0) is 28.2. The van der Waals surface area contributed by atoms with Gasteiger partial charge in [0.1, 0.15) is 11.5 Å². The second-order valence-corrected chi connectivity index (χ2v) is 9.92. The van der Waals surface area contributed by atoms with E-state index in [1.165, 1.54) is 6.07 Å². The molecule has 2 aromatic heterocycles. The molecule has 2 N–H and O–H groups in total. The van der Waals surface area contributed by atoms with Crippen molar-refractivity contribution in [2.24, 2.45) is 7.05 Å². The normalized spacial score (nSPS) is 17.3. The predicted octanol–water partition coefficient (Wildman–Crippen LogP) is 4.35. The minimum atomic E-state index is -0.904. The number of carbonyl (C=O) groups excluding carboxylic acids is 1. The number of likely N-dealkylation sites (tertiary alicyclic amines) is 1. The fraction of sp³-hybridized carbons (Fsp3) is 0.345. The largest absolute Gasteiger partial charge is 0.383 e. The lowest BCUT2D eigenvalue weighted by Gasteiger charge is -2.21. The van der Waals surface area contributed by atoms with Gasteiger partial charge in [-0.05, 0) is 36.2 Å². The molecule has 9 nitrogen and oxygen atoms in total. The molecule has 0 bridgehead atoms. The van der Waals surface area contributed by atoms with E-state index in [4.69, 9.17) is 9.84 Å². The van der Waals surface area contributed by atoms with Crippen molar-refractivity contribution in [1.82, 2.24) is 29.8 Å². The number of rotatable bonds is 9. The minimum absolute atomic E-state index is 0.228. The number of para-hydroxylation sites is 1. The van der Waals surface area contributed by atoms with Crippen molar-refractivity contribution >= 4 is 11.8 Å². The van der Waals surface area contributed by atoms with Crippen LogP contribution in [0.4, 0.5) is 19.4 Å². The summed E-state index contributed by atoms with van der Waals surface area (Å²) in [4.78, 5) is 15.7. The molecule has 40 heavy (non-hydrogen) atoms. The van der Waals surface area contributed by atoms with E-state index in [2.05, 4.69) is 20.6 Å². The van der Waals surface area contributed by atoms with Crippen molar-refractivity contribution < 1.29 is 18.3 Å². The van der Waals surface area contributed by atoms with E-state index in [1.54, 1.807) is 28.7 Å². The number of aryl methyl sites for hydroxylation is 1. The Morgan fingerprint density at radius 1 is 1.12 bits per heavy atom. The first-order valence-corrected chi connectivity index (χ1v) is 13.3. The Kier molecular flexibility index (Phi) is 8.22. The van der Waals surface area contributed by atoms with Crippen molar-refractivity contribution in [3.8, 4) is 16.9 Å². The number of hydrogen-bond acceptors (Lipinski definition) is 5. The van der Waals surface area contributed by atoms with E-state index in [0.717, 1.165) is 28.6 Å². The Balaban J connectivity index is 1.44. The summed E-state index contributed by atoms with van der Waals surface area (Å²) in [6.45, 7) is 4.31. The Bertz CT molecular complexity index is 1470. The standard InChI is InChI=1S/C29H33F2N7O2/c1-4-22-27(20-15-32-36(2)16-20)35-38(21-8-6-5-7-9-21)28(22)34-29(39)33-26-18-37(12-13-40-3)17-23(26)19-10-11-24(30)25(31)14-19/h5-11,14-16,23,26H,4,12-13,17-18H2,1-3H3,(H2,33,34,39)/t23-,26+/m0/s1. The Labute approximate surface area is 231 Å². The van der Waals surface area contributed by atoms with E-state index in [9.17, 15) is 13.6 Å². The van der Waals surface area contributed by atoms with Crippen LogP contribution >= 0.6 is 0 Å². The zero-order valence-electron chi connectivity index (χ0n) is 22.8. The monoisotopic (exact) mass is 549 g/mol. The first-order valence-electron chi connectivity index (χ1n) is 13.3. The van der Waals surface area contributed by atoms with Crippen LogP contribution in [-0.4, -0.2) is 69.9 Å². The summed E-state index contributed by atoms with van der Waals surface area (Å²) < 4.78 is 36.4. The summed E-state index contributed by atoms with van der Waals surface area (Å²) in [6, 6.07) is 12.8. The Morgan fingerprint density at radius 3 is 2.60 bits per heavy atom. The van der Waals surface area contributed by atoms with Crippen LogP contribution in [0.3, 0.4) is 0 Å². The molecule has 11 heteroatoms. The van der Waals surface area contributed by atoms with E-state index in [1.807, 2.05) is 50.5 Å². The van der Waals surface area contributed by atoms with Gasteiger partial charge in [-0.1, -0.05) is 31.2 Å². The lowest BCUT2D eigenvalue weighted by Crippen LogP contribution is -2.42. The van der Waals surface area contributed by atoms with Gasteiger partial charge in [0.05, 0.1) is 24.5 Å². The summed E-state index contributed by atoms with van der Waals surface area (Å²) in [5.41, 5.74) is 3.89. The average Bonchev–Trinajstić information content (AvgIpc) is 3.66. The lowest BCUT2D eigenvalue weighted by molar-refractivity contribution is 0.159. The van der Waals surface area contributed by atoms with Crippen LogP contribution in [0.2, 0.25) is 0 Å². The third kappa shape index (κ3) is 5.75. The lowest BCUT2D eigenvalue weighted by atomic mass is 9.94. The van der Waals surface area contributed by atoms with Gasteiger partial charge in [0, 0.05) is 57.0 Å². The number of nitrogens with one attached hydrogen (secondary N) is 2. The second kappa shape index (κ2) is 12.0. The smallest absolute Gasteiger partial charge is 0.320 e. The number of nitrogens with zero attached hydrogens (tertiary/aromatic N) is 5. The van der Waals surface area contributed by atoms with Crippen LogP contribution in [0.1, 0.15) is 24.0 Å². The highest BCUT2D eigenvalue weighted by Crippen LogP contribution is 2.32. The molecule has 0 aliphatic carbocycles. The molecule has 3 heterocycles. The molecular weight excluding hydrogens is 516 g/mol. The third-order valence-electron chi connectivity index (χ3n) is 7.24. The topological polar surface area (TPSA) is 89.2 Å². The number of aromatic nitrogens is 4. The molecule has 2 atom stereocenters. The molecular formula is C29H33F2N7O2. The third-order valence-corrected chi connectivity index (χ3v) is 7.24. The highest BCUT2D eigenvalue weighted by Gasteiger charge is 2.35. The number of anilines is 1. The van der Waals surface area contributed by atoms with E-state index in [-0.39, 0.29) is 12.0 Å². The van der Waals surface area contributed by atoms with Crippen molar-refractivity contribution in [3.05, 3.63) is 83.7 Å². The molecule has 0 unspecified atom stereocenters. The molecule has 1 aliphatic heterocycles. The number of ether oxygens (including phenoxy) is 1. The Hall–Kier alpha value is -4.09. The maximum Gasteiger partial charge on any atom is 0.320 e. The quantitative estimate of drug-likeness (QED) is 0.324. The molecule has 2 aromatic carbocycles. The van der Waals surface area contributed by atoms with Gasteiger partial charge >= 0.3 is 6.03 Å². The molecule has 0 saturated carbocycles. The minimum Gasteiger partial charge on any atom is -0.383 e. The van der Waals surface area contributed by atoms with Gasteiger partial charge in [0.25, 0.3) is 0 Å². The van der Waals surface area contributed by atoms with Gasteiger partial charge in [-0.3, -0.25) is 14.9 Å². The second-order valence-electron chi connectivity index (χ2n) is 9.92. The van der Waals surface area contributed by atoms with Crippen LogP contribution in [0.15, 0.2) is 60.9 Å². The summed E-state index contributed by atoms with van der Waals surface area (Å²) in [6.07, 6.45) is 4.26. The average molecular weight is 550 g/mol. The predicted molar refractivity (Wildman–Crippen MR) is 149 cm³/mol. The molecule has 210 valence electrons. The molecule has 1 saturated heterocycles. The van der Waals surface area contributed by atoms with Gasteiger partial charge in [-0.2, -0.15) is 10.2 Å². The first-order chi connectivity index (χ1) is 19.4. The summed E-state index contributed by atoms with van der Waals surface area (Å²) in [5.74, 6) is -1.47. The fourth-order valence-corrected chi connectivity index (χ4v) is 5.27. The molecule has 5 rings (SSSR count). The van der Waals surface area contributed by atoms with Crippen molar-refractivity contribution in [2.75, 3.05) is 38.7 Å². The number of urea groups is 1. The van der Waals surface area contributed by atoms with E-state index < -0.39 is 17.7 Å².